The van der Waals surface area contributed by atoms with Gasteiger partial charge in [-0.3, -0.25) is 4.79 Å². The van der Waals surface area contributed by atoms with Crippen molar-refractivity contribution >= 4 is 33.2 Å². The Morgan fingerprint density at radius 2 is 2.32 bits per heavy atom. The lowest BCUT2D eigenvalue weighted by Crippen LogP contribution is -2.07. The number of nitrogens with zero attached hydrogens (tertiary/aromatic N) is 1. The van der Waals surface area contributed by atoms with E-state index >= 15 is 0 Å². The zero-order valence-electron chi connectivity index (χ0n) is 10.2. The van der Waals surface area contributed by atoms with Gasteiger partial charge in [-0.25, -0.2) is 9.37 Å². The number of benzene rings is 1. The molecular weight excluding hydrogens is 333 g/mol. The van der Waals surface area contributed by atoms with Gasteiger partial charge < -0.3 is 4.74 Å². The fourth-order valence-electron chi connectivity index (χ4n) is 1.53. The number of ether oxygens (including phenoxy) is 1. The average Bonchev–Trinajstić information content (AvgIpc) is 2.77. The Labute approximate surface area is 122 Å². The van der Waals surface area contributed by atoms with E-state index in [2.05, 4.69) is 20.9 Å². The van der Waals surface area contributed by atoms with Gasteiger partial charge in [-0.15, -0.1) is 11.3 Å². The molecule has 6 heteroatoms. The van der Waals surface area contributed by atoms with Gasteiger partial charge in [0.15, 0.2) is 0 Å². The number of halogens is 2. The number of hydrogen-bond acceptors (Lipinski definition) is 4. The fraction of sp³-hybridized carbons (Fsp3) is 0.231. The molecular formula is C13H11BrFNO2S. The number of rotatable bonds is 4. The Balaban J connectivity index is 2.18. The molecule has 0 atom stereocenters. The molecule has 0 bridgehead atoms. The van der Waals surface area contributed by atoms with Crippen LogP contribution in [0, 0.1) is 5.82 Å². The summed E-state index contributed by atoms with van der Waals surface area (Å²) in [6.45, 7) is 2.12. The Hall–Kier alpha value is -1.27. The van der Waals surface area contributed by atoms with Crippen LogP contribution in [0.3, 0.4) is 0 Å². The van der Waals surface area contributed by atoms with Gasteiger partial charge in [0.05, 0.1) is 18.7 Å². The second-order valence-corrected chi connectivity index (χ2v) is 5.46. The van der Waals surface area contributed by atoms with E-state index in [1.165, 1.54) is 23.5 Å². The minimum Gasteiger partial charge on any atom is -0.466 e. The van der Waals surface area contributed by atoms with Gasteiger partial charge in [-0.1, -0.05) is 0 Å². The maximum atomic E-state index is 13.0. The summed E-state index contributed by atoms with van der Waals surface area (Å²) in [7, 11) is 0. The molecule has 100 valence electrons. The smallest absolute Gasteiger partial charge is 0.311 e. The first kappa shape index (κ1) is 14.1. The number of aromatic nitrogens is 1. The lowest BCUT2D eigenvalue weighted by atomic mass is 10.2. The second-order valence-electron chi connectivity index (χ2n) is 3.75. The monoisotopic (exact) mass is 343 g/mol. The molecule has 1 heterocycles. The maximum absolute atomic E-state index is 13.0. The summed E-state index contributed by atoms with van der Waals surface area (Å²) < 4.78 is 18.5. The van der Waals surface area contributed by atoms with Crippen molar-refractivity contribution in [1.29, 1.82) is 0 Å². The summed E-state index contributed by atoms with van der Waals surface area (Å²) in [6.07, 6.45) is 0.156. The lowest BCUT2D eigenvalue weighted by molar-refractivity contribution is -0.142. The van der Waals surface area contributed by atoms with E-state index in [0.717, 1.165) is 10.6 Å². The van der Waals surface area contributed by atoms with Crippen LogP contribution in [0.2, 0.25) is 0 Å². The summed E-state index contributed by atoms with van der Waals surface area (Å²) in [6, 6.07) is 4.43. The van der Waals surface area contributed by atoms with E-state index in [9.17, 15) is 9.18 Å². The molecule has 0 saturated carbocycles. The first-order valence-electron chi connectivity index (χ1n) is 5.65. The first-order chi connectivity index (χ1) is 9.10. The summed E-state index contributed by atoms with van der Waals surface area (Å²) in [5, 5.41) is 2.55. The molecule has 2 rings (SSSR count). The third-order valence-electron chi connectivity index (χ3n) is 2.34. The van der Waals surface area contributed by atoms with Crippen molar-refractivity contribution in [3.63, 3.8) is 0 Å². The highest BCUT2D eigenvalue weighted by Crippen LogP contribution is 2.31. The molecule has 1 aromatic heterocycles. The van der Waals surface area contributed by atoms with Crippen LogP contribution in [0.4, 0.5) is 4.39 Å². The Morgan fingerprint density at radius 1 is 1.53 bits per heavy atom. The summed E-state index contributed by atoms with van der Waals surface area (Å²) in [5.74, 6) is -0.601. The van der Waals surface area contributed by atoms with Gasteiger partial charge in [0, 0.05) is 15.4 Å². The molecule has 0 aliphatic rings. The lowest BCUT2D eigenvalue weighted by Gasteiger charge is -2.00. The van der Waals surface area contributed by atoms with E-state index in [1.807, 2.05) is 5.38 Å². The van der Waals surface area contributed by atoms with Crippen LogP contribution >= 0.6 is 27.3 Å². The topological polar surface area (TPSA) is 39.2 Å². The first-order valence-corrected chi connectivity index (χ1v) is 7.33. The third kappa shape index (κ3) is 3.61. The quantitative estimate of drug-likeness (QED) is 0.792. The Morgan fingerprint density at radius 3 is 3.00 bits per heavy atom. The molecule has 0 aliphatic carbocycles. The zero-order valence-corrected chi connectivity index (χ0v) is 12.6. The van der Waals surface area contributed by atoms with Crippen molar-refractivity contribution in [2.75, 3.05) is 6.61 Å². The normalized spacial score (nSPS) is 10.5. The SMILES string of the molecule is CCOC(=O)Cc1csc(-c2ccc(F)cc2Br)n1. The van der Waals surface area contributed by atoms with Crippen LogP contribution in [-0.2, 0) is 16.0 Å². The molecule has 0 spiro atoms. The van der Waals surface area contributed by atoms with Gasteiger partial charge in [0.25, 0.3) is 0 Å². The van der Waals surface area contributed by atoms with Crippen molar-refractivity contribution in [2.24, 2.45) is 0 Å². The minimum absolute atomic E-state index is 0.156. The predicted molar refractivity (Wildman–Crippen MR) is 75.5 cm³/mol. The molecule has 0 N–H and O–H groups in total. The number of carbonyl (C=O) groups is 1. The van der Waals surface area contributed by atoms with Gasteiger partial charge in [0.1, 0.15) is 10.8 Å². The van der Waals surface area contributed by atoms with Crippen LogP contribution in [0.1, 0.15) is 12.6 Å². The number of carbonyl (C=O) groups excluding carboxylic acids is 1. The van der Waals surface area contributed by atoms with E-state index in [-0.39, 0.29) is 18.2 Å². The largest absolute Gasteiger partial charge is 0.466 e. The average molecular weight is 344 g/mol. The van der Waals surface area contributed by atoms with Crippen LogP contribution in [-0.4, -0.2) is 17.6 Å². The van der Waals surface area contributed by atoms with Crippen LogP contribution in [0.5, 0.6) is 0 Å². The molecule has 19 heavy (non-hydrogen) atoms. The van der Waals surface area contributed by atoms with Crippen molar-refractivity contribution < 1.29 is 13.9 Å². The van der Waals surface area contributed by atoms with Gasteiger partial charge in [0.2, 0.25) is 0 Å². The van der Waals surface area contributed by atoms with Crippen LogP contribution in [0.25, 0.3) is 10.6 Å². The molecule has 0 saturated heterocycles. The molecule has 0 fully saturated rings. The molecule has 0 unspecified atom stereocenters. The fourth-order valence-corrected chi connectivity index (χ4v) is 3.06. The zero-order chi connectivity index (χ0) is 13.8. The molecule has 1 aromatic carbocycles. The third-order valence-corrected chi connectivity index (χ3v) is 3.92. The van der Waals surface area contributed by atoms with Crippen molar-refractivity contribution in [3.8, 4) is 10.6 Å². The predicted octanol–water partition coefficient (Wildman–Crippen LogP) is 3.82. The van der Waals surface area contributed by atoms with Crippen LogP contribution < -0.4 is 0 Å². The van der Waals surface area contributed by atoms with Gasteiger partial charge in [-0.05, 0) is 41.1 Å². The second kappa shape index (κ2) is 6.25. The molecule has 0 radical (unpaired) electrons. The summed E-state index contributed by atoms with van der Waals surface area (Å²) >= 11 is 4.72. The minimum atomic E-state index is -0.307. The Bertz CT molecular complexity index is 600. The highest BCUT2D eigenvalue weighted by atomic mass is 79.9. The molecule has 3 nitrogen and oxygen atoms in total. The number of thiazole rings is 1. The molecule has 0 aliphatic heterocycles. The van der Waals surface area contributed by atoms with Crippen molar-refractivity contribution in [2.45, 2.75) is 13.3 Å². The molecule has 0 amide bonds. The van der Waals surface area contributed by atoms with Crippen molar-refractivity contribution in [3.05, 3.63) is 39.6 Å². The maximum Gasteiger partial charge on any atom is 0.311 e. The number of esters is 1. The van der Waals surface area contributed by atoms with E-state index in [0.29, 0.717) is 16.8 Å². The summed E-state index contributed by atoms with van der Waals surface area (Å²) in [5.41, 5.74) is 1.47. The van der Waals surface area contributed by atoms with Gasteiger partial charge >= 0.3 is 5.97 Å². The number of hydrogen-bond donors (Lipinski definition) is 0. The summed E-state index contributed by atoms with van der Waals surface area (Å²) in [4.78, 5) is 15.7. The highest BCUT2D eigenvalue weighted by molar-refractivity contribution is 9.10. The van der Waals surface area contributed by atoms with Crippen LogP contribution in [0.15, 0.2) is 28.1 Å². The van der Waals surface area contributed by atoms with E-state index in [1.54, 1.807) is 13.0 Å². The van der Waals surface area contributed by atoms with Gasteiger partial charge in [-0.2, -0.15) is 0 Å². The van der Waals surface area contributed by atoms with E-state index < -0.39 is 0 Å². The Kier molecular flexibility index (Phi) is 4.66. The molecule has 2 aromatic rings. The standard InChI is InChI=1S/C13H11BrFNO2S/c1-2-18-12(17)6-9-7-19-13(16-9)10-4-3-8(15)5-11(10)14/h3-5,7H,2,6H2,1H3. The van der Waals surface area contributed by atoms with Crippen molar-refractivity contribution in [1.82, 2.24) is 4.98 Å². The van der Waals surface area contributed by atoms with E-state index in [4.69, 9.17) is 4.74 Å². The highest BCUT2D eigenvalue weighted by Gasteiger charge is 2.12.